The minimum absolute atomic E-state index is 0.0584. The van der Waals surface area contributed by atoms with E-state index in [1.165, 1.54) is 263 Å². The summed E-state index contributed by atoms with van der Waals surface area (Å²) in [7, 11) is 0. The highest BCUT2D eigenvalue weighted by Crippen LogP contribution is 2.17. The smallest absolute Gasteiger partial charge is 0.220 e. The average molecular weight is 885 g/mol. The van der Waals surface area contributed by atoms with Crippen LogP contribution in [0.1, 0.15) is 316 Å². The van der Waals surface area contributed by atoms with Crippen molar-refractivity contribution in [2.45, 2.75) is 328 Å². The summed E-state index contributed by atoms with van der Waals surface area (Å²) < 4.78 is 0. The number of carbonyl (C=O) groups excluding carboxylic acids is 1. The van der Waals surface area contributed by atoms with Crippen molar-refractivity contribution in [2.24, 2.45) is 0 Å². The molecule has 0 aliphatic heterocycles. The van der Waals surface area contributed by atoms with E-state index in [0.717, 1.165) is 32.1 Å². The molecule has 2 unspecified atom stereocenters. The van der Waals surface area contributed by atoms with E-state index in [-0.39, 0.29) is 12.5 Å². The van der Waals surface area contributed by atoms with E-state index in [1.807, 2.05) is 6.08 Å². The van der Waals surface area contributed by atoms with Crippen LogP contribution in [0.2, 0.25) is 0 Å². The molecule has 0 fully saturated rings. The lowest BCUT2D eigenvalue weighted by Crippen LogP contribution is -2.45. The fourth-order valence-electron chi connectivity index (χ4n) is 8.98. The lowest BCUT2D eigenvalue weighted by atomic mass is 10.0. The maximum atomic E-state index is 12.5. The fourth-order valence-corrected chi connectivity index (χ4v) is 8.98. The Kier molecular flexibility index (Phi) is 53.7. The van der Waals surface area contributed by atoms with E-state index in [4.69, 9.17) is 0 Å². The second-order valence-electron chi connectivity index (χ2n) is 19.7. The molecule has 4 heteroatoms. The number of nitrogens with one attached hydrogen (secondary N) is 1. The third kappa shape index (κ3) is 51.5. The molecule has 4 nitrogen and oxygen atoms in total. The first kappa shape index (κ1) is 61.6. The number of aliphatic hydroxyl groups is 2. The molecule has 0 bridgehead atoms. The van der Waals surface area contributed by atoms with Crippen molar-refractivity contribution in [3.05, 3.63) is 36.5 Å². The predicted octanol–water partition coefficient (Wildman–Crippen LogP) is 18.9. The molecule has 2 atom stereocenters. The fraction of sp³-hybridized carbons (Fsp3) is 0.881. The molecule has 0 spiro atoms. The van der Waals surface area contributed by atoms with Gasteiger partial charge in [-0.25, -0.2) is 0 Å². The van der Waals surface area contributed by atoms with Crippen molar-refractivity contribution in [1.29, 1.82) is 0 Å². The molecule has 0 aromatic rings. The Bertz CT molecular complexity index is 958. The Balaban J connectivity index is 3.41. The summed E-state index contributed by atoms with van der Waals surface area (Å²) in [6.45, 7) is 4.32. The first-order valence-corrected chi connectivity index (χ1v) is 28.7. The largest absolute Gasteiger partial charge is 0.394 e. The maximum absolute atomic E-state index is 12.5. The van der Waals surface area contributed by atoms with E-state index in [1.54, 1.807) is 6.08 Å². The second kappa shape index (κ2) is 54.9. The highest BCUT2D eigenvalue weighted by atomic mass is 16.3. The van der Waals surface area contributed by atoms with Crippen LogP contribution in [0.5, 0.6) is 0 Å². The molecule has 63 heavy (non-hydrogen) atoms. The van der Waals surface area contributed by atoms with Crippen molar-refractivity contribution >= 4 is 5.91 Å². The van der Waals surface area contributed by atoms with Gasteiger partial charge in [-0.2, -0.15) is 0 Å². The molecule has 0 saturated carbocycles. The maximum Gasteiger partial charge on any atom is 0.220 e. The van der Waals surface area contributed by atoms with E-state index in [2.05, 4.69) is 43.5 Å². The SMILES string of the molecule is CCCCCCC/C=C\C/C=C\CCCCCCCCCCCCCCCCCCCCCCCCCC(=O)NC(CO)C(O)/C=C/CCCCCCCCCCCCCCCC. The second-order valence-corrected chi connectivity index (χ2v) is 19.7. The van der Waals surface area contributed by atoms with Crippen molar-refractivity contribution in [1.82, 2.24) is 5.32 Å². The van der Waals surface area contributed by atoms with Crippen molar-refractivity contribution in [3.8, 4) is 0 Å². The molecular weight excluding hydrogens is 771 g/mol. The Hall–Kier alpha value is -1.39. The molecule has 0 aromatic carbocycles. The number of hydrogen-bond donors (Lipinski definition) is 3. The molecule has 0 rings (SSSR count). The molecule has 0 aromatic heterocycles. The Morgan fingerprint density at radius 2 is 0.651 bits per heavy atom. The lowest BCUT2D eigenvalue weighted by Gasteiger charge is -2.20. The Labute approximate surface area is 395 Å². The van der Waals surface area contributed by atoms with Gasteiger partial charge < -0.3 is 15.5 Å². The zero-order chi connectivity index (χ0) is 45.6. The van der Waals surface area contributed by atoms with E-state index in [0.29, 0.717) is 6.42 Å². The zero-order valence-corrected chi connectivity index (χ0v) is 42.9. The number of allylic oxidation sites excluding steroid dienone is 5. The zero-order valence-electron chi connectivity index (χ0n) is 42.9. The van der Waals surface area contributed by atoms with Crippen molar-refractivity contribution < 1.29 is 15.0 Å². The van der Waals surface area contributed by atoms with Crippen molar-refractivity contribution in [3.63, 3.8) is 0 Å². The summed E-state index contributed by atoms with van der Waals surface area (Å²) >= 11 is 0. The summed E-state index contributed by atoms with van der Waals surface area (Å²) in [4.78, 5) is 12.5. The number of unbranched alkanes of at least 4 members (excludes halogenated alkanes) is 42. The van der Waals surface area contributed by atoms with Gasteiger partial charge in [-0.3, -0.25) is 4.79 Å². The summed E-state index contributed by atoms with van der Waals surface area (Å²) in [6, 6.07) is -0.620. The highest BCUT2D eigenvalue weighted by Gasteiger charge is 2.18. The molecule has 0 saturated heterocycles. The topological polar surface area (TPSA) is 69.6 Å². The van der Waals surface area contributed by atoms with Crippen LogP contribution in [0.3, 0.4) is 0 Å². The molecule has 1 amide bonds. The molecular formula is C59H113NO3. The van der Waals surface area contributed by atoms with E-state index in [9.17, 15) is 15.0 Å². The molecule has 0 heterocycles. The van der Waals surface area contributed by atoms with Crippen LogP contribution in [0.25, 0.3) is 0 Å². The molecule has 372 valence electrons. The van der Waals surface area contributed by atoms with Crippen LogP contribution in [0.15, 0.2) is 36.5 Å². The van der Waals surface area contributed by atoms with E-state index >= 15 is 0 Å². The van der Waals surface area contributed by atoms with Crippen LogP contribution < -0.4 is 5.32 Å². The third-order valence-electron chi connectivity index (χ3n) is 13.4. The van der Waals surface area contributed by atoms with Gasteiger partial charge in [0.25, 0.3) is 0 Å². The van der Waals surface area contributed by atoms with Gasteiger partial charge in [0.1, 0.15) is 0 Å². The van der Waals surface area contributed by atoms with Gasteiger partial charge in [0.05, 0.1) is 18.8 Å². The van der Waals surface area contributed by atoms with E-state index < -0.39 is 12.1 Å². The summed E-state index contributed by atoms with van der Waals surface area (Å²) in [6.07, 6.45) is 74.6. The Morgan fingerprint density at radius 1 is 0.381 bits per heavy atom. The summed E-state index contributed by atoms with van der Waals surface area (Å²) in [5, 5.41) is 23.1. The molecule has 0 radical (unpaired) electrons. The quantitative estimate of drug-likeness (QED) is 0.0421. The highest BCUT2D eigenvalue weighted by molar-refractivity contribution is 5.76. The standard InChI is InChI=1S/C59H113NO3/c1-3-5-7-9-11-13-15-17-19-21-22-23-24-25-26-27-28-29-30-31-32-33-34-35-36-37-38-39-41-43-45-47-49-51-53-55-59(63)60-57(56-61)58(62)54-52-50-48-46-44-42-40-20-18-16-14-12-10-8-6-4-2/h15,17,21-22,52,54,57-58,61-62H,3-14,16,18-20,23-51,53,55-56H2,1-2H3,(H,60,63)/b17-15-,22-21-,54-52+. The monoisotopic (exact) mass is 884 g/mol. The third-order valence-corrected chi connectivity index (χ3v) is 13.4. The van der Waals surface area contributed by atoms with Gasteiger partial charge in [0.2, 0.25) is 5.91 Å². The van der Waals surface area contributed by atoms with Gasteiger partial charge >= 0.3 is 0 Å². The van der Waals surface area contributed by atoms with Crippen molar-refractivity contribution in [2.75, 3.05) is 6.61 Å². The van der Waals surface area contributed by atoms with Gasteiger partial charge in [-0.1, -0.05) is 294 Å². The number of rotatable bonds is 53. The van der Waals surface area contributed by atoms with Gasteiger partial charge in [-0.05, 0) is 51.4 Å². The number of carbonyl (C=O) groups is 1. The molecule has 0 aliphatic carbocycles. The first-order chi connectivity index (χ1) is 31.2. The minimum Gasteiger partial charge on any atom is -0.394 e. The predicted molar refractivity (Wildman–Crippen MR) is 281 cm³/mol. The molecule has 3 N–H and O–H groups in total. The Morgan fingerprint density at radius 3 is 0.952 bits per heavy atom. The van der Waals surface area contributed by atoms with Crippen LogP contribution in [0, 0.1) is 0 Å². The van der Waals surface area contributed by atoms with Crippen LogP contribution in [-0.4, -0.2) is 34.9 Å². The lowest BCUT2D eigenvalue weighted by molar-refractivity contribution is -0.123. The van der Waals surface area contributed by atoms with Crippen LogP contribution in [-0.2, 0) is 4.79 Å². The first-order valence-electron chi connectivity index (χ1n) is 28.7. The summed E-state index contributed by atoms with van der Waals surface area (Å²) in [5.74, 6) is -0.0584. The molecule has 0 aliphatic rings. The summed E-state index contributed by atoms with van der Waals surface area (Å²) in [5.41, 5.74) is 0. The number of aliphatic hydroxyl groups excluding tert-OH is 2. The van der Waals surface area contributed by atoms with Crippen LogP contribution >= 0.6 is 0 Å². The normalized spacial score (nSPS) is 13.0. The number of hydrogen-bond acceptors (Lipinski definition) is 3. The number of amides is 1. The van der Waals surface area contributed by atoms with Gasteiger partial charge in [-0.15, -0.1) is 0 Å². The van der Waals surface area contributed by atoms with Crippen LogP contribution in [0.4, 0.5) is 0 Å². The van der Waals surface area contributed by atoms with Gasteiger partial charge in [0, 0.05) is 6.42 Å². The van der Waals surface area contributed by atoms with Gasteiger partial charge in [0.15, 0.2) is 0 Å². The minimum atomic E-state index is -0.837. The average Bonchev–Trinajstić information content (AvgIpc) is 3.29.